The van der Waals surface area contributed by atoms with Gasteiger partial charge in [-0.3, -0.25) is 9.78 Å². The van der Waals surface area contributed by atoms with Gasteiger partial charge in [0.1, 0.15) is 12.4 Å². The number of aromatic amines is 1. The van der Waals surface area contributed by atoms with Crippen LogP contribution in [-0.4, -0.2) is 9.97 Å². The number of aromatic nitrogens is 2. The molecular formula is C11H9IN2O2. The molecule has 0 spiro atoms. The zero-order valence-corrected chi connectivity index (χ0v) is 10.5. The number of hydrogen-bond acceptors (Lipinski definition) is 3. The van der Waals surface area contributed by atoms with Crippen LogP contribution in [0.5, 0.6) is 5.75 Å². The lowest BCUT2D eigenvalue weighted by molar-refractivity contribution is 0.300. The maximum Gasteiger partial charge on any atom is 0.251 e. The highest BCUT2D eigenvalue weighted by molar-refractivity contribution is 14.1. The molecule has 82 valence electrons. The molecule has 2 aromatic rings. The fourth-order valence-corrected chi connectivity index (χ4v) is 1.48. The lowest BCUT2D eigenvalue weighted by Crippen LogP contribution is -2.05. The van der Waals surface area contributed by atoms with Crippen LogP contribution in [0, 0.1) is 3.57 Å². The van der Waals surface area contributed by atoms with Crippen LogP contribution < -0.4 is 10.3 Å². The monoisotopic (exact) mass is 328 g/mol. The number of ether oxygens (including phenoxy) is 1. The third kappa shape index (κ3) is 3.06. The molecule has 1 N–H and O–H groups in total. The van der Waals surface area contributed by atoms with Crippen molar-refractivity contribution in [1.82, 2.24) is 9.97 Å². The average molecular weight is 328 g/mol. The molecule has 0 saturated heterocycles. The van der Waals surface area contributed by atoms with Crippen LogP contribution >= 0.6 is 22.6 Å². The third-order valence-electron chi connectivity index (χ3n) is 1.92. The van der Waals surface area contributed by atoms with Gasteiger partial charge in [0.05, 0.1) is 5.69 Å². The van der Waals surface area contributed by atoms with E-state index in [0.717, 1.165) is 9.26 Å². The molecule has 0 saturated carbocycles. The Hall–Kier alpha value is -1.37. The minimum absolute atomic E-state index is 0.173. The Kier molecular flexibility index (Phi) is 3.55. The Balaban J connectivity index is 2.02. The molecule has 0 fully saturated rings. The minimum atomic E-state index is -0.173. The first kappa shape index (κ1) is 11.1. The maximum absolute atomic E-state index is 11.0. The molecule has 0 aliphatic carbocycles. The molecule has 2 aromatic heterocycles. The predicted octanol–water partition coefficient (Wildman–Crippen LogP) is 1.95. The smallest absolute Gasteiger partial charge is 0.251 e. The van der Waals surface area contributed by atoms with Gasteiger partial charge in [0, 0.05) is 22.0 Å². The summed E-state index contributed by atoms with van der Waals surface area (Å²) in [4.78, 5) is 17.7. The summed E-state index contributed by atoms with van der Waals surface area (Å²) in [6, 6.07) is 6.97. The highest BCUT2D eigenvalue weighted by Gasteiger charge is 1.97. The number of halogens is 1. The summed E-state index contributed by atoms with van der Waals surface area (Å²) in [6.45, 7) is 0.361. The van der Waals surface area contributed by atoms with Crippen LogP contribution in [0.15, 0.2) is 41.5 Å². The lowest BCUT2D eigenvalue weighted by Gasteiger charge is -2.04. The number of hydrogen-bond donors (Lipinski definition) is 1. The largest absolute Gasteiger partial charge is 0.487 e. The Morgan fingerprint density at radius 1 is 1.38 bits per heavy atom. The van der Waals surface area contributed by atoms with Crippen molar-refractivity contribution in [1.29, 1.82) is 0 Å². The van der Waals surface area contributed by atoms with Crippen LogP contribution in [0.25, 0.3) is 0 Å². The van der Waals surface area contributed by atoms with Crippen molar-refractivity contribution in [3.05, 3.63) is 56.3 Å². The molecular weight excluding hydrogens is 319 g/mol. The second kappa shape index (κ2) is 5.11. The van der Waals surface area contributed by atoms with E-state index in [4.69, 9.17) is 4.74 Å². The van der Waals surface area contributed by atoms with Gasteiger partial charge in [-0.15, -0.1) is 0 Å². The summed E-state index contributed by atoms with van der Waals surface area (Å²) in [7, 11) is 0. The number of nitrogens with one attached hydrogen (secondary N) is 1. The van der Waals surface area contributed by atoms with E-state index in [9.17, 15) is 4.79 Å². The van der Waals surface area contributed by atoms with Gasteiger partial charge in [-0.1, -0.05) is 0 Å². The number of pyridine rings is 2. The molecule has 0 aliphatic heterocycles. The van der Waals surface area contributed by atoms with Crippen molar-refractivity contribution in [3.63, 3.8) is 0 Å². The summed E-state index contributed by atoms with van der Waals surface area (Å²) in [6.07, 6.45) is 3.33. The van der Waals surface area contributed by atoms with Gasteiger partial charge in [0.2, 0.25) is 0 Å². The summed E-state index contributed by atoms with van der Waals surface area (Å²) < 4.78 is 6.51. The van der Waals surface area contributed by atoms with Crippen molar-refractivity contribution in [3.8, 4) is 5.75 Å². The van der Waals surface area contributed by atoms with Gasteiger partial charge in [-0.25, -0.2) is 0 Å². The van der Waals surface area contributed by atoms with E-state index in [1.54, 1.807) is 18.5 Å². The highest BCUT2D eigenvalue weighted by atomic mass is 127. The van der Waals surface area contributed by atoms with Gasteiger partial charge in [-0.2, -0.15) is 0 Å². The molecule has 0 aromatic carbocycles. The molecule has 0 unspecified atom stereocenters. The van der Waals surface area contributed by atoms with Crippen molar-refractivity contribution < 1.29 is 4.74 Å². The van der Waals surface area contributed by atoms with Crippen molar-refractivity contribution in [2.75, 3.05) is 0 Å². The second-order valence-electron chi connectivity index (χ2n) is 3.15. The molecule has 5 heteroatoms. The van der Waals surface area contributed by atoms with E-state index >= 15 is 0 Å². The van der Waals surface area contributed by atoms with Crippen molar-refractivity contribution in [2.24, 2.45) is 0 Å². The fourth-order valence-electron chi connectivity index (χ4n) is 1.16. The van der Waals surface area contributed by atoms with E-state index in [-0.39, 0.29) is 5.56 Å². The normalized spacial score (nSPS) is 10.1. The third-order valence-corrected chi connectivity index (χ3v) is 2.56. The van der Waals surface area contributed by atoms with Crippen molar-refractivity contribution >= 4 is 22.6 Å². The molecule has 2 rings (SSSR count). The van der Waals surface area contributed by atoms with Gasteiger partial charge in [0.15, 0.2) is 0 Å². The van der Waals surface area contributed by atoms with E-state index in [0.29, 0.717) is 12.4 Å². The molecule has 2 heterocycles. The quantitative estimate of drug-likeness (QED) is 0.877. The van der Waals surface area contributed by atoms with Gasteiger partial charge in [-0.05, 0) is 40.8 Å². The number of H-pyrrole nitrogens is 1. The molecule has 4 nitrogen and oxygen atoms in total. The van der Waals surface area contributed by atoms with E-state index in [1.807, 2.05) is 12.1 Å². The van der Waals surface area contributed by atoms with Gasteiger partial charge >= 0.3 is 0 Å². The standard InChI is InChI=1S/C11H9IN2O2/c12-8-1-2-9(14-6-8)7-16-10-3-4-13-11(15)5-10/h1-6H,7H2,(H,13,15). The summed E-state index contributed by atoms with van der Waals surface area (Å²) in [5.74, 6) is 0.545. The maximum atomic E-state index is 11.0. The zero-order valence-electron chi connectivity index (χ0n) is 8.31. The van der Waals surface area contributed by atoms with Crippen LogP contribution in [0.2, 0.25) is 0 Å². The Labute approximate surface area is 106 Å². The average Bonchev–Trinajstić information content (AvgIpc) is 2.28. The second-order valence-corrected chi connectivity index (χ2v) is 4.39. The van der Waals surface area contributed by atoms with Crippen LogP contribution in [0.3, 0.4) is 0 Å². The fraction of sp³-hybridized carbons (Fsp3) is 0.0909. The molecule has 0 aliphatic rings. The first-order valence-electron chi connectivity index (χ1n) is 4.66. The molecule has 16 heavy (non-hydrogen) atoms. The van der Waals surface area contributed by atoms with E-state index < -0.39 is 0 Å². The Bertz CT molecular complexity index is 522. The van der Waals surface area contributed by atoms with Gasteiger partial charge in [0.25, 0.3) is 5.56 Å². The number of rotatable bonds is 3. The first-order chi connectivity index (χ1) is 7.74. The SMILES string of the molecule is O=c1cc(OCc2ccc(I)cn2)cc[nH]1. The highest BCUT2D eigenvalue weighted by Crippen LogP contribution is 2.08. The molecule has 0 bridgehead atoms. The topological polar surface area (TPSA) is 55.0 Å². The molecule has 0 amide bonds. The Morgan fingerprint density at radius 3 is 2.94 bits per heavy atom. The predicted molar refractivity (Wildman–Crippen MR) is 68.3 cm³/mol. The van der Waals surface area contributed by atoms with Gasteiger partial charge < -0.3 is 9.72 Å². The van der Waals surface area contributed by atoms with Crippen LogP contribution in [0.4, 0.5) is 0 Å². The summed E-state index contributed by atoms with van der Waals surface area (Å²) in [5, 5.41) is 0. The molecule has 0 radical (unpaired) electrons. The Morgan fingerprint density at radius 2 is 2.25 bits per heavy atom. The summed E-state index contributed by atoms with van der Waals surface area (Å²) in [5.41, 5.74) is 0.661. The van der Waals surface area contributed by atoms with Crippen LogP contribution in [-0.2, 0) is 6.61 Å². The lowest BCUT2D eigenvalue weighted by atomic mass is 10.4. The van der Waals surface area contributed by atoms with Crippen molar-refractivity contribution in [2.45, 2.75) is 6.61 Å². The van der Waals surface area contributed by atoms with E-state index in [1.165, 1.54) is 6.07 Å². The van der Waals surface area contributed by atoms with E-state index in [2.05, 4.69) is 32.6 Å². The first-order valence-corrected chi connectivity index (χ1v) is 5.74. The molecule has 0 atom stereocenters. The summed E-state index contributed by atoms with van der Waals surface area (Å²) >= 11 is 2.19. The number of nitrogens with zero attached hydrogens (tertiary/aromatic N) is 1. The minimum Gasteiger partial charge on any atom is -0.487 e. The zero-order chi connectivity index (χ0) is 11.4. The van der Waals surface area contributed by atoms with Crippen LogP contribution in [0.1, 0.15) is 5.69 Å².